The number of nitrogens with zero attached hydrogens (tertiary/aromatic N) is 2. The average Bonchev–Trinajstić information content (AvgIpc) is 3.04. The lowest BCUT2D eigenvalue weighted by Crippen LogP contribution is -2.29. The molecule has 0 aliphatic rings. The van der Waals surface area contributed by atoms with Crippen LogP contribution in [0.3, 0.4) is 0 Å². The molecule has 1 N–H and O–H groups in total. The van der Waals surface area contributed by atoms with E-state index in [-0.39, 0.29) is 18.7 Å². The second-order valence-corrected chi connectivity index (χ2v) is 6.00. The van der Waals surface area contributed by atoms with E-state index in [2.05, 4.69) is 4.98 Å². The molecule has 0 bridgehead atoms. The van der Waals surface area contributed by atoms with E-state index in [9.17, 15) is 9.90 Å². The number of hydrogen-bond acceptors (Lipinski definition) is 5. The molecule has 3 aromatic rings. The molecule has 6 heteroatoms. The zero-order valence-corrected chi connectivity index (χ0v) is 12.7. The van der Waals surface area contributed by atoms with E-state index in [1.807, 2.05) is 23.6 Å². The first-order valence-electron chi connectivity index (χ1n) is 6.96. The summed E-state index contributed by atoms with van der Waals surface area (Å²) in [5.74, 6) is 0. The second kappa shape index (κ2) is 6.83. The van der Waals surface area contributed by atoms with Crippen LogP contribution in [0.4, 0.5) is 0 Å². The summed E-state index contributed by atoms with van der Waals surface area (Å²) in [6, 6.07) is 11.1. The van der Waals surface area contributed by atoms with Crippen LogP contribution >= 0.6 is 11.3 Å². The molecule has 3 rings (SSSR count). The molecule has 0 saturated carbocycles. The van der Waals surface area contributed by atoms with E-state index in [0.29, 0.717) is 17.5 Å². The number of hydrogen-bond donors (Lipinski definition) is 1. The van der Waals surface area contributed by atoms with Crippen LogP contribution in [0.25, 0.3) is 10.9 Å². The van der Waals surface area contributed by atoms with Gasteiger partial charge in [-0.15, -0.1) is 11.3 Å². The fourth-order valence-corrected chi connectivity index (χ4v) is 2.85. The van der Waals surface area contributed by atoms with Crippen LogP contribution in [0.2, 0.25) is 0 Å². The van der Waals surface area contributed by atoms with Crippen molar-refractivity contribution in [2.45, 2.75) is 19.3 Å². The summed E-state index contributed by atoms with van der Waals surface area (Å²) in [7, 11) is 0. The molecule has 1 unspecified atom stereocenters. The molecule has 1 aromatic carbocycles. The average molecular weight is 316 g/mol. The van der Waals surface area contributed by atoms with Crippen molar-refractivity contribution >= 4 is 22.2 Å². The Morgan fingerprint density at radius 3 is 2.95 bits per heavy atom. The predicted molar refractivity (Wildman–Crippen MR) is 86.0 cm³/mol. The maximum atomic E-state index is 12.3. The predicted octanol–water partition coefficient (Wildman–Crippen LogP) is 2.04. The maximum Gasteiger partial charge on any atom is 0.261 e. The summed E-state index contributed by atoms with van der Waals surface area (Å²) in [5, 5.41) is 12.6. The molecule has 2 heterocycles. The van der Waals surface area contributed by atoms with Gasteiger partial charge in [-0.1, -0.05) is 18.2 Å². The Hall–Kier alpha value is -2.02. The largest absolute Gasteiger partial charge is 0.389 e. The van der Waals surface area contributed by atoms with Crippen molar-refractivity contribution < 1.29 is 9.84 Å². The van der Waals surface area contributed by atoms with E-state index >= 15 is 0 Å². The van der Waals surface area contributed by atoms with Crippen molar-refractivity contribution in [3.8, 4) is 0 Å². The summed E-state index contributed by atoms with van der Waals surface area (Å²) in [6.07, 6.45) is 0.716. The fraction of sp³-hybridized carbons (Fsp3) is 0.250. The summed E-state index contributed by atoms with van der Waals surface area (Å²) in [5.41, 5.74) is 0.509. The molecule has 1 atom stereocenters. The van der Waals surface area contributed by atoms with Gasteiger partial charge in [-0.2, -0.15) is 0 Å². The molecule has 0 aliphatic carbocycles. The number of rotatable bonds is 6. The molecule has 0 radical (unpaired) electrons. The van der Waals surface area contributed by atoms with E-state index in [1.54, 1.807) is 29.5 Å². The quantitative estimate of drug-likeness (QED) is 0.756. The van der Waals surface area contributed by atoms with Gasteiger partial charge in [0.25, 0.3) is 5.56 Å². The van der Waals surface area contributed by atoms with Crippen LogP contribution in [-0.2, 0) is 17.9 Å². The molecule has 0 spiro atoms. The van der Waals surface area contributed by atoms with E-state index < -0.39 is 6.10 Å². The Morgan fingerprint density at radius 1 is 1.27 bits per heavy atom. The van der Waals surface area contributed by atoms with Gasteiger partial charge in [-0.3, -0.25) is 9.36 Å². The van der Waals surface area contributed by atoms with Gasteiger partial charge in [0.15, 0.2) is 0 Å². The molecule has 22 heavy (non-hydrogen) atoms. The minimum atomic E-state index is -0.749. The maximum absolute atomic E-state index is 12.3. The first kappa shape index (κ1) is 14.9. The first-order valence-corrected chi connectivity index (χ1v) is 7.84. The Morgan fingerprint density at radius 2 is 2.14 bits per heavy atom. The smallest absolute Gasteiger partial charge is 0.261 e. The third-order valence-corrected chi connectivity index (χ3v) is 4.12. The second-order valence-electron chi connectivity index (χ2n) is 4.97. The highest BCUT2D eigenvalue weighted by Gasteiger charge is 2.09. The number of thiophene rings is 1. The van der Waals surface area contributed by atoms with Gasteiger partial charge in [0, 0.05) is 4.88 Å². The van der Waals surface area contributed by atoms with Crippen LogP contribution in [0.5, 0.6) is 0 Å². The van der Waals surface area contributed by atoms with Crippen molar-refractivity contribution in [1.82, 2.24) is 9.55 Å². The van der Waals surface area contributed by atoms with E-state index in [1.165, 1.54) is 10.9 Å². The molecule has 114 valence electrons. The molecule has 2 aromatic heterocycles. The number of ether oxygens (including phenoxy) is 1. The van der Waals surface area contributed by atoms with Gasteiger partial charge in [0.2, 0.25) is 0 Å². The Kier molecular flexibility index (Phi) is 4.62. The third kappa shape index (κ3) is 3.41. The van der Waals surface area contributed by atoms with Gasteiger partial charge in [-0.05, 0) is 23.6 Å². The van der Waals surface area contributed by atoms with Crippen molar-refractivity contribution in [3.63, 3.8) is 0 Å². The highest BCUT2D eigenvalue weighted by atomic mass is 32.1. The van der Waals surface area contributed by atoms with Gasteiger partial charge in [0.1, 0.15) is 0 Å². The highest BCUT2D eigenvalue weighted by molar-refractivity contribution is 7.09. The van der Waals surface area contributed by atoms with Gasteiger partial charge in [-0.25, -0.2) is 4.98 Å². The van der Waals surface area contributed by atoms with Crippen LogP contribution in [0.15, 0.2) is 52.9 Å². The third-order valence-electron chi connectivity index (χ3n) is 3.27. The molecule has 0 saturated heterocycles. The summed E-state index contributed by atoms with van der Waals surface area (Å²) >= 11 is 1.61. The van der Waals surface area contributed by atoms with Gasteiger partial charge in [0.05, 0.1) is 43.1 Å². The topological polar surface area (TPSA) is 64.4 Å². The Bertz CT molecular complexity index is 799. The molecule has 0 fully saturated rings. The number of aliphatic hydroxyl groups excluding tert-OH is 1. The van der Waals surface area contributed by atoms with Crippen LogP contribution in [0, 0.1) is 0 Å². The minimum absolute atomic E-state index is 0.150. The lowest BCUT2D eigenvalue weighted by molar-refractivity contribution is 0.0207. The van der Waals surface area contributed by atoms with Crippen LogP contribution < -0.4 is 5.56 Å². The molecular weight excluding hydrogens is 300 g/mol. The van der Waals surface area contributed by atoms with Crippen molar-refractivity contribution in [1.29, 1.82) is 0 Å². The van der Waals surface area contributed by atoms with E-state index in [4.69, 9.17) is 4.74 Å². The highest BCUT2D eigenvalue weighted by Crippen LogP contribution is 2.10. The molecule has 0 aliphatic heterocycles. The van der Waals surface area contributed by atoms with Gasteiger partial charge < -0.3 is 9.84 Å². The summed E-state index contributed by atoms with van der Waals surface area (Å²) < 4.78 is 6.88. The lowest BCUT2D eigenvalue weighted by atomic mass is 10.2. The monoisotopic (exact) mass is 316 g/mol. The zero-order chi connectivity index (χ0) is 15.4. The van der Waals surface area contributed by atoms with Crippen molar-refractivity contribution in [3.05, 3.63) is 63.3 Å². The molecule has 5 nitrogen and oxygen atoms in total. The Balaban J connectivity index is 1.62. The first-order chi connectivity index (χ1) is 10.7. The standard InChI is InChI=1S/C16H16N2O3S/c19-12(9-21-10-13-4-3-7-22-13)8-18-11-17-15-6-2-1-5-14(15)16(18)20/h1-7,11-12,19H,8-10H2. The SMILES string of the molecule is O=c1c2ccccc2ncn1CC(O)COCc1cccs1. The Labute approximate surface area is 131 Å². The lowest BCUT2D eigenvalue weighted by Gasteiger charge is -2.13. The van der Waals surface area contributed by atoms with Crippen LogP contribution in [-0.4, -0.2) is 27.4 Å². The minimum Gasteiger partial charge on any atom is -0.389 e. The van der Waals surface area contributed by atoms with Crippen LogP contribution in [0.1, 0.15) is 4.88 Å². The molecule has 0 amide bonds. The number of aromatic nitrogens is 2. The summed E-state index contributed by atoms with van der Waals surface area (Å²) in [6.45, 7) is 0.817. The number of para-hydroxylation sites is 1. The van der Waals surface area contributed by atoms with E-state index in [0.717, 1.165) is 4.88 Å². The molecular formula is C16H16N2O3S. The zero-order valence-electron chi connectivity index (χ0n) is 11.9. The van der Waals surface area contributed by atoms with Crippen molar-refractivity contribution in [2.24, 2.45) is 0 Å². The normalized spacial score (nSPS) is 12.6. The van der Waals surface area contributed by atoms with Gasteiger partial charge >= 0.3 is 0 Å². The number of benzene rings is 1. The fourth-order valence-electron chi connectivity index (χ4n) is 2.21. The summed E-state index contributed by atoms with van der Waals surface area (Å²) in [4.78, 5) is 17.6. The number of aliphatic hydroxyl groups is 1. The number of fused-ring (bicyclic) bond motifs is 1. The van der Waals surface area contributed by atoms with Crippen molar-refractivity contribution in [2.75, 3.05) is 6.61 Å².